The third-order valence-corrected chi connectivity index (χ3v) is 4.23. The number of pyridine rings is 1. The molecule has 0 fully saturated rings. The van der Waals surface area contributed by atoms with Gasteiger partial charge < -0.3 is 4.74 Å². The Morgan fingerprint density at radius 3 is 2.55 bits per heavy atom. The lowest BCUT2D eigenvalue weighted by atomic mass is 9.99. The molecule has 0 saturated heterocycles. The minimum absolute atomic E-state index is 0.260. The van der Waals surface area contributed by atoms with Crippen LogP contribution in [0.4, 0.5) is 0 Å². The maximum absolute atomic E-state index is 6.07. The smallest absolute Gasteiger partial charge is 0.216 e. The highest BCUT2D eigenvalue weighted by atomic mass is 16.5. The van der Waals surface area contributed by atoms with E-state index < -0.39 is 0 Å². The van der Waals surface area contributed by atoms with Gasteiger partial charge in [0.1, 0.15) is 5.69 Å². The van der Waals surface area contributed by atoms with E-state index in [1.54, 1.807) is 0 Å². The number of hydrogen-bond acceptors (Lipinski definition) is 3. The first-order valence-electron chi connectivity index (χ1n) is 8.21. The Morgan fingerprint density at radius 1 is 1.18 bits per heavy atom. The van der Waals surface area contributed by atoms with Crippen molar-refractivity contribution in [2.75, 3.05) is 0 Å². The second-order valence-electron chi connectivity index (χ2n) is 6.79. The van der Waals surface area contributed by atoms with Crippen molar-refractivity contribution in [3.63, 3.8) is 0 Å². The number of rotatable bonds is 3. The van der Waals surface area contributed by atoms with E-state index >= 15 is 0 Å². The summed E-state index contributed by atoms with van der Waals surface area (Å²) < 4.78 is 8.08. The fourth-order valence-corrected chi connectivity index (χ4v) is 2.91. The topological polar surface area (TPSA) is 39.9 Å². The molecular formula is C18H25N3O. The zero-order valence-electron chi connectivity index (χ0n) is 14.1. The van der Waals surface area contributed by atoms with Gasteiger partial charge in [-0.05, 0) is 30.9 Å². The Labute approximate surface area is 132 Å². The van der Waals surface area contributed by atoms with Crippen LogP contribution in [0.15, 0.2) is 18.3 Å². The molecule has 0 spiro atoms. The van der Waals surface area contributed by atoms with Crippen molar-refractivity contribution >= 4 is 0 Å². The van der Waals surface area contributed by atoms with Crippen LogP contribution in [0, 0.1) is 0 Å². The van der Waals surface area contributed by atoms with Crippen molar-refractivity contribution in [3.05, 3.63) is 29.6 Å². The molecule has 0 saturated carbocycles. The Kier molecular flexibility index (Phi) is 3.94. The van der Waals surface area contributed by atoms with Crippen molar-refractivity contribution in [2.45, 2.75) is 65.5 Å². The van der Waals surface area contributed by atoms with E-state index in [2.05, 4.69) is 51.7 Å². The molecule has 0 aromatic carbocycles. The first-order valence-corrected chi connectivity index (χ1v) is 8.21. The summed E-state index contributed by atoms with van der Waals surface area (Å²) in [4.78, 5) is 4.59. The van der Waals surface area contributed by atoms with Crippen molar-refractivity contribution in [1.29, 1.82) is 0 Å². The van der Waals surface area contributed by atoms with Gasteiger partial charge in [0.2, 0.25) is 5.88 Å². The van der Waals surface area contributed by atoms with Crippen molar-refractivity contribution in [2.24, 2.45) is 0 Å². The van der Waals surface area contributed by atoms with Crippen LogP contribution in [0.2, 0.25) is 0 Å². The normalized spacial score (nSPS) is 17.7. The molecule has 1 aliphatic rings. The van der Waals surface area contributed by atoms with Crippen LogP contribution in [-0.4, -0.2) is 20.9 Å². The number of aryl methyl sites for hydroxylation is 1. The minimum Gasteiger partial charge on any atom is -0.475 e. The highest BCUT2D eigenvalue weighted by molar-refractivity contribution is 5.65. The number of aromatic nitrogens is 3. The van der Waals surface area contributed by atoms with Crippen LogP contribution >= 0.6 is 0 Å². The summed E-state index contributed by atoms with van der Waals surface area (Å²) in [5, 5.41) is 4.80. The van der Waals surface area contributed by atoms with Crippen LogP contribution in [0.25, 0.3) is 11.3 Å². The molecule has 0 unspecified atom stereocenters. The van der Waals surface area contributed by atoms with Crippen LogP contribution in [0.5, 0.6) is 5.88 Å². The largest absolute Gasteiger partial charge is 0.475 e. The molecular weight excluding hydrogens is 274 g/mol. The molecule has 118 valence electrons. The van der Waals surface area contributed by atoms with Crippen molar-refractivity contribution < 1.29 is 4.74 Å². The van der Waals surface area contributed by atoms with Gasteiger partial charge in [-0.25, -0.2) is 4.68 Å². The van der Waals surface area contributed by atoms with E-state index in [0.29, 0.717) is 11.8 Å². The Bertz CT molecular complexity index is 656. The summed E-state index contributed by atoms with van der Waals surface area (Å²) in [6.07, 6.45) is 3.21. The SMILES string of the molecule is CC(C)c1ccc(-c2nn3c(c2C(C)C)O[C@H](C)CC3)cn1. The van der Waals surface area contributed by atoms with E-state index in [4.69, 9.17) is 9.84 Å². The second kappa shape index (κ2) is 5.75. The minimum atomic E-state index is 0.260. The zero-order chi connectivity index (χ0) is 15.9. The van der Waals surface area contributed by atoms with Crippen molar-refractivity contribution in [3.8, 4) is 17.1 Å². The molecule has 3 heterocycles. The quantitative estimate of drug-likeness (QED) is 0.845. The van der Waals surface area contributed by atoms with Crippen LogP contribution in [0.1, 0.15) is 64.1 Å². The summed E-state index contributed by atoms with van der Waals surface area (Å²) in [5.41, 5.74) is 4.41. The van der Waals surface area contributed by atoms with Gasteiger partial charge in [-0.15, -0.1) is 0 Å². The van der Waals surface area contributed by atoms with Gasteiger partial charge in [-0.3, -0.25) is 4.98 Å². The predicted octanol–water partition coefficient (Wildman–Crippen LogP) is 4.36. The van der Waals surface area contributed by atoms with Gasteiger partial charge in [0.15, 0.2) is 0 Å². The summed E-state index contributed by atoms with van der Waals surface area (Å²) in [6.45, 7) is 11.8. The zero-order valence-corrected chi connectivity index (χ0v) is 14.1. The van der Waals surface area contributed by atoms with Gasteiger partial charge in [0.05, 0.1) is 6.10 Å². The van der Waals surface area contributed by atoms with Gasteiger partial charge in [-0.1, -0.05) is 27.7 Å². The first-order chi connectivity index (χ1) is 10.5. The average molecular weight is 299 g/mol. The fraction of sp³-hybridized carbons (Fsp3) is 0.556. The molecule has 0 bridgehead atoms. The second-order valence-corrected chi connectivity index (χ2v) is 6.79. The monoisotopic (exact) mass is 299 g/mol. The first kappa shape index (κ1) is 15.1. The molecule has 0 N–H and O–H groups in total. The molecule has 2 aromatic rings. The standard InChI is InChI=1S/C18H25N3O/c1-11(2)15-7-6-14(10-19-15)17-16(12(3)4)18-21(20-17)9-8-13(5)22-18/h6-7,10-13H,8-9H2,1-5H3/t13-/m1/s1. The van der Waals surface area contributed by atoms with E-state index in [0.717, 1.165) is 35.8 Å². The fourth-order valence-electron chi connectivity index (χ4n) is 2.91. The lowest BCUT2D eigenvalue weighted by Gasteiger charge is -2.23. The van der Waals surface area contributed by atoms with Gasteiger partial charge in [-0.2, -0.15) is 5.10 Å². The van der Waals surface area contributed by atoms with Gasteiger partial charge >= 0.3 is 0 Å². The molecule has 0 aliphatic carbocycles. The predicted molar refractivity (Wildman–Crippen MR) is 88.3 cm³/mol. The van der Waals surface area contributed by atoms with E-state index in [1.807, 2.05) is 10.9 Å². The summed E-state index contributed by atoms with van der Waals surface area (Å²) in [6, 6.07) is 4.23. The molecule has 2 aromatic heterocycles. The third kappa shape index (κ3) is 2.62. The summed E-state index contributed by atoms with van der Waals surface area (Å²) in [5.74, 6) is 1.75. The third-order valence-electron chi connectivity index (χ3n) is 4.23. The number of fused-ring (bicyclic) bond motifs is 1. The van der Waals surface area contributed by atoms with Gasteiger partial charge in [0.25, 0.3) is 0 Å². The maximum atomic E-state index is 6.07. The molecule has 22 heavy (non-hydrogen) atoms. The van der Waals surface area contributed by atoms with Gasteiger partial charge in [0, 0.05) is 36.0 Å². The Morgan fingerprint density at radius 2 is 1.95 bits per heavy atom. The van der Waals surface area contributed by atoms with E-state index in [1.165, 1.54) is 5.56 Å². The molecule has 0 amide bonds. The highest BCUT2D eigenvalue weighted by Crippen LogP contribution is 2.38. The lowest BCUT2D eigenvalue weighted by Crippen LogP contribution is -2.23. The van der Waals surface area contributed by atoms with E-state index in [9.17, 15) is 0 Å². The maximum Gasteiger partial charge on any atom is 0.216 e. The Balaban J connectivity index is 2.06. The molecule has 4 heteroatoms. The lowest BCUT2D eigenvalue weighted by molar-refractivity contribution is 0.147. The summed E-state index contributed by atoms with van der Waals surface area (Å²) >= 11 is 0. The summed E-state index contributed by atoms with van der Waals surface area (Å²) in [7, 11) is 0. The average Bonchev–Trinajstić information content (AvgIpc) is 2.85. The van der Waals surface area contributed by atoms with Crippen molar-refractivity contribution in [1.82, 2.24) is 14.8 Å². The number of ether oxygens (including phenoxy) is 1. The van der Waals surface area contributed by atoms with Crippen LogP contribution in [-0.2, 0) is 6.54 Å². The Hall–Kier alpha value is -1.84. The molecule has 4 nitrogen and oxygen atoms in total. The van der Waals surface area contributed by atoms with Crippen LogP contribution in [0.3, 0.4) is 0 Å². The number of hydrogen-bond donors (Lipinski definition) is 0. The highest BCUT2D eigenvalue weighted by Gasteiger charge is 2.27. The van der Waals surface area contributed by atoms with E-state index in [-0.39, 0.29) is 6.10 Å². The number of nitrogens with zero attached hydrogens (tertiary/aromatic N) is 3. The molecule has 1 aliphatic heterocycles. The molecule has 1 atom stereocenters. The molecule has 3 rings (SSSR count). The van der Waals surface area contributed by atoms with Crippen LogP contribution < -0.4 is 4.74 Å². The molecule has 0 radical (unpaired) electrons.